The van der Waals surface area contributed by atoms with Crippen molar-refractivity contribution in [1.29, 1.82) is 0 Å². The number of amides is 1. The molecular weight excluding hydrogens is 168 g/mol. The molecule has 0 saturated carbocycles. The van der Waals surface area contributed by atoms with Crippen molar-refractivity contribution in [3.63, 3.8) is 0 Å². The van der Waals surface area contributed by atoms with Crippen molar-refractivity contribution in [2.45, 2.75) is 25.8 Å². The summed E-state index contributed by atoms with van der Waals surface area (Å²) in [5, 5.41) is 3.18. The molecule has 1 rings (SSSR count). The van der Waals surface area contributed by atoms with Gasteiger partial charge in [-0.1, -0.05) is 0 Å². The van der Waals surface area contributed by atoms with Gasteiger partial charge < -0.3 is 15.0 Å². The second-order valence-electron chi connectivity index (χ2n) is 3.27. The highest BCUT2D eigenvalue weighted by Crippen LogP contribution is 2.10. The number of carbonyl (C=O) groups excluding carboxylic acids is 1. The third-order valence-electron chi connectivity index (χ3n) is 2.36. The van der Waals surface area contributed by atoms with Crippen molar-refractivity contribution in [1.82, 2.24) is 10.2 Å². The minimum Gasteiger partial charge on any atom is -0.450 e. The smallest absolute Gasteiger partial charge is 0.409 e. The molecule has 0 aliphatic carbocycles. The largest absolute Gasteiger partial charge is 0.450 e. The van der Waals surface area contributed by atoms with Crippen molar-refractivity contribution in [3.05, 3.63) is 0 Å². The van der Waals surface area contributed by atoms with Crippen LogP contribution in [0.25, 0.3) is 0 Å². The molecule has 0 radical (unpaired) electrons. The number of nitrogens with zero attached hydrogens (tertiary/aromatic N) is 1. The lowest BCUT2D eigenvalue weighted by Gasteiger charge is -2.31. The first-order valence-corrected chi connectivity index (χ1v) is 4.87. The number of rotatable bonds is 2. The zero-order valence-corrected chi connectivity index (χ0v) is 8.38. The van der Waals surface area contributed by atoms with E-state index in [2.05, 4.69) is 5.32 Å². The normalized spacial score (nSPS) is 22.9. The van der Waals surface area contributed by atoms with E-state index in [0.29, 0.717) is 12.6 Å². The van der Waals surface area contributed by atoms with Gasteiger partial charge in [-0.3, -0.25) is 0 Å². The third-order valence-corrected chi connectivity index (χ3v) is 2.36. The molecule has 1 atom stereocenters. The number of hydrogen-bond acceptors (Lipinski definition) is 3. The quantitative estimate of drug-likeness (QED) is 0.694. The predicted octanol–water partition coefficient (Wildman–Crippen LogP) is 0.827. The maximum Gasteiger partial charge on any atom is 0.409 e. The van der Waals surface area contributed by atoms with Crippen LogP contribution >= 0.6 is 0 Å². The van der Waals surface area contributed by atoms with Crippen LogP contribution in [-0.2, 0) is 4.74 Å². The Hall–Kier alpha value is -0.770. The van der Waals surface area contributed by atoms with Crippen LogP contribution < -0.4 is 5.32 Å². The fourth-order valence-corrected chi connectivity index (χ4v) is 1.59. The van der Waals surface area contributed by atoms with Gasteiger partial charge in [0.15, 0.2) is 0 Å². The summed E-state index contributed by atoms with van der Waals surface area (Å²) >= 11 is 0. The van der Waals surface area contributed by atoms with E-state index in [9.17, 15) is 4.79 Å². The summed E-state index contributed by atoms with van der Waals surface area (Å²) in [6.45, 7) is 3.89. The first kappa shape index (κ1) is 10.3. The first-order chi connectivity index (χ1) is 6.27. The second kappa shape index (κ2) is 5.07. The number of piperidine rings is 1. The Labute approximate surface area is 79.2 Å². The molecular formula is C9H18N2O2. The number of likely N-dealkylation sites (N-methyl/N-ethyl adjacent to an activating group) is 1. The van der Waals surface area contributed by atoms with Gasteiger partial charge >= 0.3 is 6.09 Å². The van der Waals surface area contributed by atoms with Crippen LogP contribution in [0.5, 0.6) is 0 Å². The number of nitrogens with one attached hydrogen (secondary N) is 1. The maximum absolute atomic E-state index is 11.3. The molecule has 1 aliphatic rings. The zero-order chi connectivity index (χ0) is 9.68. The molecule has 1 heterocycles. The standard InChI is InChI=1S/C9H18N2O2/c1-3-13-9(12)11-6-4-5-8(7-11)10-2/h8,10H,3-7H2,1-2H3. The zero-order valence-electron chi connectivity index (χ0n) is 8.38. The molecule has 0 aromatic rings. The average molecular weight is 186 g/mol. The summed E-state index contributed by atoms with van der Waals surface area (Å²) < 4.78 is 4.93. The highest BCUT2D eigenvalue weighted by Gasteiger charge is 2.22. The molecule has 0 spiro atoms. The Morgan fingerprint density at radius 1 is 1.69 bits per heavy atom. The third kappa shape index (κ3) is 2.88. The molecule has 0 aromatic heterocycles. The van der Waals surface area contributed by atoms with Crippen LogP contribution in [0.2, 0.25) is 0 Å². The van der Waals surface area contributed by atoms with Gasteiger partial charge in [-0.25, -0.2) is 4.79 Å². The monoisotopic (exact) mass is 186 g/mol. The number of hydrogen-bond donors (Lipinski definition) is 1. The van der Waals surface area contributed by atoms with E-state index >= 15 is 0 Å². The number of likely N-dealkylation sites (tertiary alicyclic amines) is 1. The lowest BCUT2D eigenvalue weighted by atomic mass is 10.1. The summed E-state index contributed by atoms with van der Waals surface area (Å²) in [6, 6.07) is 0.429. The van der Waals surface area contributed by atoms with Gasteiger partial charge in [-0.15, -0.1) is 0 Å². The SMILES string of the molecule is CCOC(=O)N1CCCC(NC)C1. The lowest BCUT2D eigenvalue weighted by molar-refractivity contribution is 0.0937. The number of ether oxygens (including phenoxy) is 1. The molecule has 1 amide bonds. The Morgan fingerprint density at radius 2 is 2.46 bits per heavy atom. The second-order valence-corrected chi connectivity index (χ2v) is 3.27. The van der Waals surface area contributed by atoms with Gasteiger partial charge in [0.2, 0.25) is 0 Å². The van der Waals surface area contributed by atoms with E-state index in [0.717, 1.165) is 25.9 Å². The summed E-state index contributed by atoms with van der Waals surface area (Å²) in [4.78, 5) is 13.1. The van der Waals surface area contributed by atoms with Gasteiger partial charge in [0.25, 0.3) is 0 Å². The summed E-state index contributed by atoms with van der Waals surface area (Å²) in [6.07, 6.45) is 2.03. The van der Waals surface area contributed by atoms with Gasteiger partial charge in [-0.05, 0) is 26.8 Å². The van der Waals surface area contributed by atoms with Crippen LogP contribution in [0.4, 0.5) is 4.79 Å². The van der Waals surface area contributed by atoms with Crippen LogP contribution in [0.3, 0.4) is 0 Å². The molecule has 13 heavy (non-hydrogen) atoms. The minimum atomic E-state index is -0.178. The molecule has 76 valence electrons. The Morgan fingerprint density at radius 3 is 3.08 bits per heavy atom. The molecule has 4 heteroatoms. The van der Waals surface area contributed by atoms with Gasteiger partial charge in [0.05, 0.1) is 6.61 Å². The molecule has 1 fully saturated rings. The van der Waals surface area contributed by atoms with Crippen LogP contribution in [0, 0.1) is 0 Å². The van der Waals surface area contributed by atoms with Crippen molar-refractivity contribution < 1.29 is 9.53 Å². The van der Waals surface area contributed by atoms with Crippen LogP contribution in [-0.4, -0.2) is 43.8 Å². The molecule has 1 saturated heterocycles. The topological polar surface area (TPSA) is 41.6 Å². The fourth-order valence-electron chi connectivity index (χ4n) is 1.59. The summed E-state index contributed by atoms with van der Waals surface area (Å²) in [5.74, 6) is 0. The van der Waals surface area contributed by atoms with E-state index in [1.54, 1.807) is 4.90 Å². The molecule has 1 unspecified atom stereocenters. The van der Waals surface area contributed by atoms with E-state index < -0.39 is 0 Å². The fraction of sp³-hybridized carbons (Fsp3) is 0.889. The van der Waals surface area contributed by atoms with E-state index in [1.165, 1.54) is 0 Å². The molecule has 1 N–H and O–H groups in total. The van der Waals surface area contributed by atoms with Crippen molar-refractivity contribution >= 4 is 6.09 Å². The van der Waals surface area contributed by atoms with Gasteiger partial charge in [0.1, 0.15) is 0 Å². The van der Waals surface area contributed by atoms with Gasteiger partial charge in [-0.2, -0.15) is 0 Å². The molecule has 4 nitrogen and oxygen atoms in total. The van der Waals surface area contributed by atoms with Crippen molar-refractivity contribution in [2.75, 3.05) is 26.7 Å². The van der Waals surface area contributed by atoms with Crippen molar-refractivity contribution in [3.8, 4) is 0 Å². The average Bonchev–Trinajstić information content (AvgIpc) is 2.18. The Bertz CT molecular complexity index is 173. The van der Waals surface area contributed by atoms with Crippen molar-refractivity contribution in [2.24, 2.45) is 0 Å². The highest BCUT2D eigenvalue weighted by molar-refractivity contribution is 5.67. The Balaban J connectivity index is 2.37. The van der Waals surface area contributed by atoms with E-state index in [1.807, 2.05) is 14.0 Å². The first-order valence-electron chi connectivity index (χ1n) is 4.87. The van der Waals surface area contributed by atoms with Crippen LogP contribution in [0.1, 0.15) is 19.8 Å². The summed E-state index contributed by atoms with van der Waals surface area (Å²) in [7, 11) is 1.93. The molecule has 0 bridgehead atoms. The predicted molar refractivity (Wildman–Crippen MR) is 50.7 cm³/mol. The number of carbonyl (C=O) groups is 1. The van der Waals surface area contributed by atoms with E-state index in [4.69, 9.17) is 4.74 Å². The van der Waals surface area contributed by atoms with Gasteiger partial charge in [0, 0.05) is 19.1 Å². The lowest BCUT2D eigenvalue weighted by Crippen LogP contribution is -2.47. The summed E-state index contributed by atoms with van der Waals surface area (Å²) in [5.41, 5.74) is 0. The molecule has 1 aliphatic heterocycles. The van der Waals surface area contributed by atoms with E-state index in [-0.39, 0.29) is 6.09 Å². The minimum absolute atomic E-state index is 0.178. The molecule has 0 aromatic carbocycles. The Kier molecular flexibility index (Phi) is 4.02. The van der Waals surface area contributed by atoms with Crippen LogP contribution in [0.15, 0.2) is 0 Å². The maximum atomic E-state index is 11.3. The highest BCUT2D eigenvalue weighted by atomic mass is 16.6.